The molecule has 0 aliphatic rings. The number of aliphatic hydroxyl groups excluding tert-OH is 1. The van der Waals surface area contributed by atoms with Gasteiger partial charge in [-0.05, 0) is 0 Å². The van der Waals surface area contributed by atoms with Crippen LogP contribution in [-0.2, 0) is 9.32 Å². The molecule has 0 fully saturated rings. The predicted octanol–water partition coefficient (Wildman–Crippen LogP) is -1.27. The summed E-state index contributed by atoms with van der Waals surface area (Å²) >= 11 is 0. The minimum atomic E-state index is -4.51. The van der Waals surface area contributed by atoms with E-state index in [9.17, 15) is 4.79 Å². The van der Waals surface area contributed by atoms with Gasteiger partial charge in [0, 0.05) is 0 Å². The maximum atomic E-state index is 9.82. The van der Waals surface area contributed by atoms with Crippen LogP contribution in [0.5, 0.6) is 0 Å². The van der Waals surface area contributed by atoms with Crippen molar-refractivity contribution >= 4 is 14.5 Å². The Labute approximate surface area is 70.1 Å². The number of hydrogen-bond acceptors (Lipinski definition) is 6. The van der Waals surface area contributed by atoms with Gasteiger partial charge in [0.2, 0.25) is 0 Å². The van der Waals surface area contributed by atoms with Gasteiger partial charge in [0.1, 0.15) is 0 Å². The molecule has 0 saturated heterocycles. The van der Waals surface area contributed by atoms with Gasteiger partial charge < -0.3 is 0 Å². The second kappa shape index (κ2) is 5.53. The molecule has 0 spiro atoms. The number of aldehydes is 1. The van der Waals surface area contributed by atoms with E-state index in [1.54, 1.807) is 0 Å². The third-order valence-corrected chi connectivity index (χ3v) is 1.64. The summed E-state index contributed by atoms with van der Waals surface area (Å²) in [5.74, 6) is 0. The molecule has 74 valence electrons. The average Bonchev–Trinajstić information content (AvgIpc) is 1.95. The van der Waals surface area contributed by atoms with Gasteiger partial charge in [-0.1, -0.05) is 0 Å². The zero-order chi connectivity index (χ0) is 9.61. The first-order chi connectivity index (χ1) is 5.45. The van der Waals surface area contributed by atoms with Crippen LogP contribution in [0.2, 0.25) is 0 Å². The second-order valence-electron chi connectivity index (χ2n) is 2.28. The third kappa shape index (κ3) is 8.00. The van der Waals surface area contributed by atoms with Crippen molar-refractivity contribution in [2.75, 3.05) is 6.61 Å². The molecule has 4 N–H and O–H groups in total. The van der Waals surface area contributed by atoms with Crippen LogP contribution in [0.25, 0.3) is 0 Å². The molecular formula is C5H13O6P. The SMILES string of the molecule is O=CCC[C@H](O)CO[PH](O)(O)O. The molecule has 0 aromatic rings. The standard InChI is InChI=1S/C5H13O6P/c6-3-1-2-5(7)4-11-12(8,9)10/h3,5,7-10,12H,1-2,4H2/t5-/m0/s1. The Morgan fingerprint density at radius 1 is 1.42 bits per heavy atom. The summed E-state index contributed by atoms with van der Waals surface area (Å²) in [5.41, 5.74) is 0. The van der Waals surface area contributed by atoms with Crippen LogP contribution in [0.3, 0.4) is 0 Å². The summed E-state index contributed by atoms with van der Waals surface area (Å²) < 4.78 is 4.13. The van der Waals surface area contributed by atoms with Crippen molar-refractivity contribution in [1.82, 2.24) is 0 Å². The molecule has 0 radical (unpaired) electrons. The van der Waals surface area contributed by atoms with E-state index in [-0.39, 0.29) is 19.4 Å². The van der Waals surface area contributed by atoms with Gasteiger partial charge in [-0.3, -0.25) is 0 Å². The quantitative estimate of drug-likeness (QED) is 0.314. The minimum absolute atomic E-state index is 0.168. The molecule has 12 heavy (non-hydrogen) atoms. The Morgan fingerprint density at radius 2 is 2.00 bits per heavy atom. The molecule has 0 aromatic heterocycles. The van der Waals surface area contributed by atoms with Crippen LogP contribution in [0.15, 0.2) is 0 Å². The van der Waals surface area contributed by atoms with Gasteiger partial charge in [0.05, 0.1) is 0 Å². The summed E-state index contributed by atoms with van der Waals surface area (Å²) in [6, 6.07) is 0. The molecule has 0 aromatic carbocycles. The average molecular weight is 200 g/mol. The Bertz CT molecular complexity index is 132. The Kier molecular flexibility index (Phi) is 5.48. The van der Waals surface area contributed by atoms with Crippen LogP contribution in [-0.4, -0.2) is 38.8 Å². The van der Waals surface area contributed by atoms with Crippen molar-refractivity contribution in [3.05, 3.63) is 0 Å². The summed E-state index contributed by atoms with van der Waals surface area (Å²) in [5, 5.41) is 8.95. The van der Waals surface area contributed by atoms with Crippen LogP contribution >= 0.6 is 8.17 Å². The number of carbonyl (C=O) groups excluding carboxylic acids is 1. The molecule has 0 unspecified atom stereocenters. The molecule has 6 nitrogen and oxygen atoms in total. The van der Waals surface area contributed by atoms with E-state index in [4.69, 9.17) is 19.8 Å². The monoisotopic (exact) mass is 200 g/mol. The number of carbonyl (C=O) groups is 1. The van der Waals surface area contributed by atoms with Crippen molar-refractivity contribution in [3.8, 4) is 0 Å². The Balaban J connectivity index is 3.43. The zero-order valence-corrected chi connectivity index (χ0v) is 7.38. The topological polar surface area (TPSA) is 107 Å². The summed E-state index contributed by atoms with van der Waals surface area (Å²) in [7, 11) is -4.51. The van der Waals surface area contributed by atoms with Crippen molar-refractivity contribution in [3.63, 3.8) is 0 Å². The van der Waals surface area contributed by atoms with Gasteiger partial charge in [0.15, 0.2) is 0 Å². The van der Waals surface area contributed by atoms with Gasteiger partial charge >= 0.3 is 69.1 Å². The second-order valence-corrected chi connectivity index (χ2v) is 3.72. The van der Waals surface area contributed by atoms with Gasteiger partial charge in [-0.25, -0.2) is 0 Å². The van der Waals surface area contributed by atoms with E-state index < -0.39 is 14.3 Å². The molecule has 0 aliphatic carbocycles. The normalized spacial score (nSPS) is 15.7. The van der Waals surface area contributed by atoms with E-state index in [1.807, 2.05) is 0 Å². The molecule has 0 heterocycles. The van der Waals surface area contributed by atoms with Crippen molar-refractivity contribution in [2.45, 2.75) is 18.9 Å². The van der Waals surface area contributed by atoms with Crippen molar-refractivity contribution < 1.29 is 29.1 Å². The van der Waals surface area contributed by atoms with Crippen LogP contribution in [0.4, 0.5) is 0 Å². The van der Waals surface area contributed by atoms with Gasteiger partial charge in [-0.2, -0.15) is 0 Å². The first kappa shape index (κ1) is 11.9. The predicted molar refractivity (Wildman–Crippen MR) is 42.2 cm³/mol. The van der Waals surface area contributed by atoms with E-state index >= 15 is 0 Å². The maximum absolute atomic E-state index is 9.82. The van der Waals surface area contributed by atoms with Crippen LogP contribution in [0, 0.1) is 0 Å². The molecule has 1 atom stereocenters. The molecular weight excluding hydrogens is 187 g/mol. The number of hydrogen-bond donors (Lipinski definition) is 4. The molecule has 0 amide bonds. The summed E-state index contributed by atoms with van der Waals surface area (Å²) in [6.45, 7) is -0.385. The van der Waals surface area contributed by atoms with Gasteiger partial charge in [0.25, 0.3) is 0 Å². The van der Waals surface area contributed by atoms with Crippen molar-refractivity contribution in [1.29, 1.82) is 0 Å². The summed E-state index contributed by atoms with van der Waals surface area (Å²) in [6.07, 6.45) is 0.00798. The first-order valence-electron chi connectivity index (χ1n) is 3.38. The van der Waals surface area contributed by atoms with E-state index in [0.29, 0.717) is 6.29 Å². The summed E-state index contributed by atoms with van der Waals surface area (Å²) in [4.78, 5) is 34.8. The zero-order valence-electron chi connectivity index (χ0n) is 6.38. The number of aliphatic hydroxyl groups is 1. The fraction of sp³-hybridized carbons (Fsp3) is 0.800. The Hall–Kier alpha value is -0.100. The molecule has 0 rings (SSSR count). The molecule has 0 saturated carbocycles. The third-order valence-electron chi connectivity index (χ3n) is 1.09. The number of rotatable bonds is 6. The van der Waals surface area contributed by atoms with Crippen LogP contribution in [0.1, 0.15) is 12.8 Å². The van der Waals surface area contributed by atoms with Crippen LogP contribution < -0.4 is 0 Å². The van der Waals surface area contributed by atoms with Gasteiger partial charge in [-0.15, -0.1) is 0 Å². The fourth-order valence-electron chi connectivity index (χ4n) is 0.552. The molecule has 7 heteroatoms. The fourth-order valence-corrected chi connectivity index (χ4v) is 0.968. The first-order valence-corrected chi connectivity index (χ1v) is 5.13. The van der Waals surface area contributed by atoms with E-state index in [2.05, 4.69) is 4.52 Å². The molecule has 0 aliphatic heterocycles. The van der Waals surface area contributed by atoms with Crippen molar-refractivity contribution in [2.24, 2.45) is 0 Å². The van der Waals surface area contributed by atoms with E-state index in [0.717, 1.165) is 0 Å². The van der Waals surface area contributed by atoms with E-state index in [1.165, 1.54) is 0 Å². The Morgan fingerprint density at radius 3 is 2.42 bits per heavy atom. The molecule has 0 bridgehead atoms.